The summed E-state index contributed by atoms with van der Waals surface area (Å²) in [5.41, 5.74) is 0. The minimum atomic E-state index is -0.00244. The van der Waals surface area contributed by atoms with Crippen LogP contribution < -0.4 is 0 Å². The third-order valence-electron chi connectivity index (χ3n) is 3.44. The van der Waals surface area contributed by atoms with Crippen molar-refractivity contribution in [1.29, 1.82) is 0 Å². The number of rotatable bonds is 7. The maximum atomic E-state index is 5.49. The van der Waals surface area contributed by atoms with Crippen molar-refractivity contribution in [3.05, 3.63) is 30.1 Å². The first kappa shape index (κ1) is 16.8. The van der Waals surface area contributed by atoms with Crippen LogP contribution in [0.2, 0.25) is 0 Å². The van der Waals surface area contributed by atoms with Crippen molar-refractivity contribution in [3.8, 4) is 11.6 Å². The summed E-state index contributed by atoms with van der Waals surface area (Å²) < 4.78 is 12.9. The Morgan fingerprint density at radius 2 is 2.08 bits per heavy atom. The Hall–Kier alpha value is -2.09. The Morgan fingerprint density at radius 3 is 2.71 bits per heavy atom. The minimum Gasteiger partial charge on any atom is -0.461 e. The van der Waals surface area contributed by atoms with Crippen molar-refractivity contribution in [1.82, 2.24) is 24.9 Å². The van der Waals surface area contributed by atoms with Crippen LogP contribution in [-0.2, 0) is 13.0 Å². The van der Waals surface area contributed by atoms with E-state index in [1.54, 1.807) is 18.0 Å². The molecule has 1 unspecified atom stereocenters. The molecule has 1 atom stereocenters. The van der Waals surface area contributed by atoms with Crippen molar-refractivity contribution < 1.29 is 8.94 Å². The average Bonchev–Trinajstić information content (AvgIpc) is 3.27. The highest BCUT2D eigenvalue weighted by atomic mass is 32.2. The summed E-state index contributed by atoms with van der Waals surface area (Å²) in [6.45, 7) is 9.16. The SMILES string of the molecule is CCc1noc(C(C)Sc2nnc(-c3ccco3)n2CC(C)C)n1. The second-order valence-electron chi connectivity index (χ2n) is 5.95. The van der Waals surface area contributed by atoms with Gasteiger partial charge in [0.15, 0.2) is 22.6 Å². The van der Waals surface area contributed by atoms with Gasteiger partial charge >= 0.3 is 0 Å². The largest absolute Gasteiger partial charge is 0.461 e. The lowest BCUT2D eigenvalue weighted by molar-refractivity contribution is 0.375. The van der Waals surface area contributed by atoms with Gasteiger partial charge in [0.25, 0.3) is 0 Å². The highest BCUT2D eigenvalue weighted by Crippen LogP contribution is 2.35. The Kier molecular flexibility index (Phi) is 5.03. The Labute approximate surface area is 144 Å². The molecule has 0 aromatic carbocycles. The number of thioether (sulfide) groups is 1. The monoisotopic (exact) mass is 347 g/mol. The standard InChI is InChI=1S/C16H21N5O2S/c1-5-13-17-15(23-20-13)11(4)24-16-19-18-14(12-7-6-8-22-12)21(16)9-10(2)3/h6-8,10-11H,5,9H2,1-4H3. The molecule has 0 radical (unpaired) electrons. The highest BCUT2D eigenvalue weighted by molar-refractivity contribution is 7.99. The van der Waals surface area contributed by atoms with Gasteiger partial charge in [-0.25, -0.2) is 0 Å². The summed E-state index contributed by atoms with van der Waals surface area (Å²) in [4.78, 5) is 4.40. The van der Waals surface area contributed by atoms with Crippen LogP contribution in [-0.4, -0.2) is 24.9 Å². The zero-order valence-corrected chi connectivity index (χ0v) is 15.1. The van der Waals surface area contributed by atoms with E-state index in [1.165, 1.54) is 0 Å². The fourth-order valence-corrected chi connectivity index (χ4v) is 3.17. The molecule has 128 valence electrons. The second-order valence-corrected chi connectivity index (χ2v) is 7.26. The van der Waals surface area contributed by atoms with Gasteiger partial charge in [-0.15, -0.1) is 10.2 Å². The van der Waals surface area contributed by atoms with E-state index in [2.05, 4.69) is 38.8 Å². The van der Waals surface area contributed by atoms with Gasteiger partial charge in [-0.3, -0.25) is 4.57 Å². The van der Waals surface area contributed by atoms with E-state index >= 15 is 0 Å². The quantitative estimate of drug-likeness (QED) is 0.597. The molecule has 3 aromatic heterocycles. The van der Waals surface area contributed by atoms with Gasteiger partial charge in [-0.05, 0) is 25.0 Å². The molecule has 0 saturated heterocycles. The van der Waals surface area contributed by atoms with E-state index in [9.17, 15) is 0 Å². The topological polar surface area (TPSA) is 82.8 Å². The molecular weight excluding hydrogens is 326 g/mol. The average molecular weight is 347 g/mol. The fraction of sp³-hybridized carbons (Fsp3) is 0.500. The van der Waals surface area contributed by atoms with Crippen LogP contribution in [0.4, 0.5) is 0 Å². The predicted molar refractivity (Wildman–Crippen MR) is 90.5 cm³/mol. The predicted octanol–water partition coefficient (Wildman–Crippen LogP) is 3.99. The second kappa shape index (κ2) is 7.21. The van der Waals surface area contributed by atoms with Crippen LogP contribution in [0.25, 0.3) is 11.6 Å². The third kappa shape index (κ3) is 3.53. The van der Waals surface area contributed by atoms with E-state index in [-0.39, 0.29) is 5.25 Å². The van der Waals surface area contributed by atoms with E-state index < -0.39 is 0 Å². The molecule has 0 bridgehead atoms. The highest BCUT2D eigenvalue weighted by Gasteiger charge is 2.22. The minimum absolute atomic E-state index is 0.00244. The van der Waals surface area contributed by atoms with E-state index in [4.69, 9.17) is 8.94 Å². The van der Waals surface area contributed by atoms with Gasteiger partial charge in [0, 0.05) is 13.0 Å². The molecule has 3 heterocycles. The van der Waals surface area contributed by atoms with Gasteiger partial charge < -0.3 is 8.94 Å². The molecule has 0 N–H and O–H groups in total. The van der Waals surface area contributed by atoms with Crippen LogP contribution in [0.5, 0.6) is 0 Å². The molecule has 7 nitrogen and oxygen atoms in total. The Balaban J connectivity index is 1.87. The smallest absolute Gasteiger partial charge is 0.239 e. The molecule has 24 heavy (non-hydrogen) atoms. The molecular formula is C16H21N5O2S. The number of hydrogen-bond donors (Lipinski definition) is 0. The molecule has 0 amide bonds. The zero-order chi connectivity index (χ0) is 17.1. The molecule has 8 heteroatoms. The third-order valence-corrected chi connectivity index (χ3v) is 4.50. The molecule has 0 aliphatic rings. The summed E-state index contributed by atoms with van der Waals surface area (Å²) in [6.07, 6.45) is 2.40. The van der Waals surface area contributed by atoms with Gasteiger partial charge in [0.05, 0.1) is 11.5 Å². The maximum Gasteiger partial charge on any atom is 0.239 e. The van der Waals surface area contributed by atoms with Gasteiger partial charge in [-0.1, -0.05) is 37.7 Å². The van der Waals surface area contributed by atoms with Crippen molar-refractivity contribution in [2.75, 3.05) is 0 Å². The van der Waals surface area contributed by atoms with Crippen LogP contribution in [0.3, 0.4) is 0 Å². The lowest BCUT2D eigenvalue weighted by Crippen LogP contribution is -2.08. The van der Waals surface area contributed by atoms with Crippen molar-refractivity contribution >= 4 is 11.8 Å². The molecule has 3 aromatic rings. The summed E-state index contributed by atoms with van der Waals surface area (Å²) in [5.74, 6) is 3.24. The number of hydrogen-bond acceptors (Lipinski definition) is 7. The lowest BCUT2D eigenvalue weighted by Gasteiger charge is -2.12. The van der Waals surface area contributed by atoms with E-state index in [0.717, 1.165) is 29.8 Å². The Morgan fingerprint density at radius 1 is 1.25 bits per heavy atom. The lowest BCUT2D eigenvalue weighted by atomic mass is 10.2. The first-order valence-electron chi connectivity index (χ1n) is 8.04. The molecule has 0 spiro atoms. The first-order chi connectivity index (χ1) is 11.6. The van der Waals surface area contributed by atoms with E-state index in [0.29, 0.717) is 17.6 Å². The molecule has 3 rings (SSSR count). The normalized spacial score (nSPS) is 12.9. The van der Waals surface area contributed by atoms with Gasteiger partial charge in [0.1, 0.15) is 0 Å². The van der Waals surface area contributed by atoms with Gasteiger partial charge in [-0.2, -0.15) is 4.98 Å². The van der Waals surface area contributed by atoms with E-state index in [1.807, 2.05) is 26.0 Å². The summed E-state index contributed by atoms with van der Waals surface area (Å²) in [7, 11) is 0. The Bertz CT molecular complexity index is 778. The van der Waals surface area contributed by atoms with Gasteiger partial charge in [0.2, 0.25) is 5.89 Å². The number of nitrogens with zero attached hydrogens (tertiary/aromatic N) is 5. The van der Waals surface area contributed by atoms with Crippen molar-refractivity contribution in [2.45, 2.75) is 51.1 Å². The maximum absolute atomic E-state index is 5.49. The summed E-state index contributed by atoms with van der Waals surface area (Å²) >= 11 is 1.56. The number of aromatic nitrogens is 5. The number of aryl methyl sites for hydroxylation is 1. The summed E-state index contributed by atoms with van der Waals surface area (Å²) in [5, 5.41) is 13.4. The molecule has 0 aliphatic carbocycles. The molecule has 0 fully saturated rings. The van der Waals surface area contributed by atoms with Crippen LogP contribution in [0.1, 0.15) is 44.7 Å². The van der Waals surface area contributed by atoms with Crippen molar-refractivity contribution in [2.24, 2.45) is 5.92 Å². The molecule has 0 aliphatic heterocycles. The fourth-order valence-electron chi connectivity index (χ4n) is 2.28. The van der Waals surface area contributed by atoms with Crippen LogP contribution >= 0.6 is 11.8 Å². The summed E-state index contributed by atoms with van der Waals surface area (Å²) in [6, 6.07) is 3.74. The number of furan rings is 1. The van der Waals surface area contributed by atoms with Crippen LogP contribution in [0.15, 0.2) is 32.5 Å². The molecule has 0 saturated carbocycles. The van der Waals surface area contributed by atoms with Crippen molar-refractivity contribution in [3.63, 3.8) is 0 Å². The zero-order valence-electron chi connectivity index (χ0n) is 14.3. The first-order valence-corrected chi connectivity index (χ1v) is 8.92. The van der Waals surface area contributed by atoms with Crippen LogP contribution in [0, 0.1) is 5.92 Å².